The summed E-state index contributed by atoms with van der Waals surface area (Å²) in [6, 6.07) is 0.458. The lowest BCUT2D eigenvalue weighted by Crippen LogP contribution is -2.39. The van der Waals surface area contributed by atoms with Crippen LogP contribution in [-0.4, -0.2) is 39.5 Å². The molecule has 0 spiro atoms. The summed E-state index contributed by atoms with van der Waals surface area (Å²) in [6.07, 6.45) is 4.87. The summed E-state index contributed by atoms with van der Waals surface area (Å²) in [5.41, 5.74) is 0. The number of rotatable bonds is 10. The van der Waals surface area contributed by atoms with Gasteiger partial charge in [-0.05, 0) is 33.2 Å². The molecule has 3 heteroatoms. The van der Waals surface area contributed by atoms with E-state index < -0.39 is 0 Å². The zero-order valence-corrected chi connectivity index (χ0v) is 10.7. The minimum Gasteiger partial charge on any atom is -0.385 e. The van der Waals surface area contributed by atoms with Gasteiger partial charge in [0.15, 0.2) is 0 Å². The van der Waals surface area contributed by atoms with Crippen molar-refractivity contribution >= 4 is 0 Å². The Morgan fingerprint density at radius 2 is 1.93 bits per heavy atom. The van der Waals surface area contributed by atoms with Crippen LogP contribution in [0.5, 0.6) is 0 Å². The molecule has 2 atom stereocenters. The summed E-state index contributed by atoms with van der Waals surface area (Å²) in [4.78, 5) is 0. The normalized spacial score (nSPS) is 15.2. The Morgan fingerprint density at radius 1 is 1.20 bits per heavy atom. The van der Waals surface area contributed by atoms with Gasteiger partial charge in [-0.1, -0.05) is 13.3 Å². The third-order valence-electron chi connectivity index (χ3n) is 2.64. The molecule has 0 bridgehead atoms. The molecule has 0 aliphatic heterocycles. The van der Waals surface area contributed by atoms with Gasteiger partial charge in [-0.2, -0.15) is 0 Å². The van der Waals surface area contributed by atoms with Crippen LogP contribution in [0.1, 0.15) is 39.5 Å². The number of hydrogen-bond acceptors (Lipinski definition) is 3. The first-order valence-electron chi connectivity index (χ1n) is 6.07. The van der Waals surface area contributed by atoms with Crippen molar-refractivity contribution in [2.45, 2.75) is 51.7 Å². The van der Waals surface area contributed by atoms with Gasteiger partial charge in [0, 0.05) is 26.4 Å². The van der Waals surface area contributed by atoms with Crippen molar-refractivity contribution in [3.8, 4) is 0 Å². The molecule has 1 N–H and O–H groups in total. The van der Waals surface area contributed by atoms with Gasteiger partial charge in [0.2, 0.25) is 0 Å². The van der Waals surface area contributed by atoms with Crippen LogP contribution in [0.3, 0.4) is 0 Å². The highest BCUT2D eigenvalue weighted by Gasteiger charge is 2.18. The van der Waals surface area contributed by atoms with Crippen molar-refractivity contribution in [1.82, 2.24) is 5.32 Å². The summed E-state index contributed by atoms with van der Waals surface area (Å²) in [7, 11) is 3.76. The molecule has 0 aromatic heterocycles. The van der Waals surface area contributed by atoms with Crippen molar-refractivity contribution in [1.29, 1.82) is 0 Å². The molecule has 2 unspecified atom stereocenters. The highest BCUT2D eigenvalue weighted by Crippen LogP contribution is 2.12. The van der Waals surface area contributed by atoms with E-state index >= 15 is 0 Å². The van der Waals surface area contributed by atoms with E-state index in [0.29, 0.717) is 12.1 Å². The Bertz CT molecular complexity index is 125. The minimum absolute atomic E-state index is 0.349. The van der Waals surface area contributed by atoms with Gasteiger partial charge in [-0.15, -0.1) is 0 Å². The maximum absolute atomic E-state index is 5.76. The fraction of sp³-hybridized carbons (Fsp3) is 1.00. The second kappa shape index (κ2) is 10.4. The SMILES string of the molecule is CCCC(OCC)C(CCCOC)NC. The van der Waals surface area contributed by atoms with Crippen LogP contribution in [0, 0.1) is 0 Å². The van der Waals surface area contributed by atoms with Crippen LogP contribution in [0.2, 0.25) is 0 Å². The number of methoxy groups -OCH3 is 1. The molecule has 0 saturated carbocycles. The van der Waals surface area contributed by atoms with Gasteiger partial charge in [0.05, 0.1) is 6.10 Å². The van der Waals surface area contributed by atoms with Crippen molar-refractivity contribution in [3.63, 3.8) is 0 Å². The van der Waals surface area contributed by atoms with E-state index in [4.69, 9.17) is 9.47 Å². The quantitative estimate of drug-likeness (QED) is 0.569. The molecule has 0 fully saturated rings. The lowest BCUT2D eigenvalue weighted by Gasteiger charge is -2.26. The van der Waals surface area contributed by atoms with Crippen molar-refractivity contribution in [3.05, 3.63) is 0 Å². The van der Waals surface area contributed by atoms with Crippen LogP contribution >= 0.6 is 0 Å². The molecule has 0 radical (unpaired) electrons. The molecule has 3 nitrogen and oxygen atoms in total. The van der Waals surface area contributed by atoms with Gasteiger partial charge in [0.25, 0.3) is 0 Å². The minimum atomic E-state index is 0.349. The van der Waals surface area contributed by atoms with Crippen molar-refractivity contribution in [2.24, 2.45) is 0 Å². The third kappa shape index (κ3) is 6.88. The van der Waals surface area contributed by atoms with Gasteiger partial charge >= 0.3 is 0 Å². The Hall–Kier alpha value is -0.120. The molecule has 0 heterocycles. The standard InChI is InChI=1S/C12H27NO2/c1-5-8-12(15-6-2)11(13-3)9-7-10-14-4/h11-13H,5-10H2,1-4H3. The molecule has 0 aromatic rings. The summed E-state index contributed by atoms with van der Waals surface area (Å²) < 4.78 is 10.8. The van der Waals surface area contributed by atoms with Crippen LogP contribution in [0.4, 0.5) is 0 Å². The molecule has 92 valence electrons. The molecule has 0 amide bonds. The van der Waals surface area contributed by atoms with E-state index in [1.807, 2.05) is 7.05 Å². The van der Waals surface area contributed by atoms with Gasteiger partial charge in [-0.25, -0.2) is 0 Å². The van der Waals surface area contributed by atoms with Crippen LogP contribution in [0.25, 0.3) is 0 Å². The second-order valence-electron chi connectivity index (χ2n) is 3.81. The fourth-order valence-electron chi connectivity index (χ4n) is 1.86. The number of likely N-dealkylation sites (N-methyl/N-ethyl adjacent to an activating group) is 1. The molecule has 0 aliphatic rings. The maximum atomic E-state index is 5.76. The van der Waals surface area contributed by atoms with Gasteiger partial charge in [0.1, 0.15) is 0 Å². The zero-order chi connectivity index (χ0) is 11.5. The topological polar surface area (TPSA) is 30.5 Å². The molecule has 15 heavy (non-hydrogen) atoms. The van der Waals surface area contributed by atoms with E-state index in [-0.39, 0.29) is 0 Å². The number of nitrogens with one attached hydrogen (secondary N) is 1. The lowest BCUT2D eigenvalue weighted by molar-refractivity contribution is 0.0256. The largest absolute Gasteiger partial charge is 0.385 e. The summed E-state index contributed by atoms with van der Waals surface area (Å²) in [5.74, 6) is 0. The predicted octanol–water partition coefficient (Wildman–Crippen LogP) is 2.21. The number of ether oxygens (including phenoxy) is 2. The summed E-state index contributed by atoms with van der Waals surface area (Å²) in [5, 5.41) is 3.35. The fourth-order valence-corrected chi connectivity index (χ4v) is 1.86. The predicted molar refractivity (Wildman–Crippen MR) is 64.3 cm³/mol. The van der Waals surface area contributed by atoms with Crippen LogP contribution < -0.4 is 5.32 Å². The Kier molecular flexibility index (Phi) is 10.3. The molecule has 0 rings (SSSR count). The highest BCUT2D eigenvalue weighted by atomic mass is 16.5. The first kappa shape index (κ1) is 14.9. The van der Waals surface area contributed by atoms with Gasteiger partial charge < -0.3 is 14.8 Å². The first-order valence-corrected chi connectivity index (χ1v) is 6.07. The smallest absolute Gasteiger partial charge is 0.0727 e. The molecule has 0 saturated heterocycles. The van der Waals surface area contributed by atoms with E-state index in [1.54, 1.807) is 7.11 Å². The van der Waals surface area contributed by atoms with Crippen LogP contribution in [-0.2, 0) is 9.47 Å². The molecule has 0 aromatic carbocycles. The third-order valence-corrected chi connectivity index (χ3v) is 2.64. The Balaban J connectivity index is 3.93. The molecular formula is C12H27NO2. The average molecular weight is 217 g/mol. The van der Waals surface area contributed by atoms with Crippen LogP contribution in [0.15, 0.2) is 0 Å². The molecular weight excluding hydrogens is 190 g/mol. The lowest BCUT2D eigenvalue weighted by atomic mass is 10.0. The van der Waals surface area contributed by atoms with Gasteiger partial charge in [-0.3, -0.25) is 0 Å². The highest BCUT2D eigenvalue weighted by molar-refractivity contribution is 4.75. The Morgan fingerprint density at radius 3 is 2.40 bits per heavy atom. The zero-order valence-electron chi connectivity index (χ0n) is 10.7. The van der Waals surface area contributed by atoms with Crippen molar-refractivity contribution in [2.75, 3.05) is 27.4 Å². The summed E-state index contributed by atoms with van der Waals surface area (Å²) in [6.45, 7) is 5.90. The van der Waals surface area contributed by atoms with E-state index in [0.717, 1.165) is 32.5 Å². The van der Waals surface area contributed by atoms with E-state index in [2.05, 4.69) is 19.2 Å². The second-order valence-corrected chi connectivity index (χ2v) is 3.81. The van der Waals surface area contributed by atoms with Crippen molar-refractivity contribution < 1.29 is 9.47 Å². The monoisotopic (exact) mass is 217 g/mol. The maximum Gasteiger partial charge on any atom is 0.0727 e. The average Bonchev–Trinajstić information content (AvgIpc) is 2.24. The number of hydrogen-bond donors (Lipinski definition) is 1. The summed E-state index contributed by atoms with van der Waals surface area (Å²) >= 11 is 0. The Labute approximate surface area is 94.5 Å². The van der Waals surface area contributed by atoms with E-state index in [1.165, 1.54) is 6.42 Å². The molecule has 0 aliphatic carbocycles. The first-order chi connectivity index (χ1) is 7.29. The van der Waals surface area contributed by atoms with E-state index in [9.17, 15) is 0 Å².